The van der Waals surface area contributed by atoms with Crippen molar-refractivity contribution in [3.63, 3.8) is 0 Å². The summed E-state index contributed by atoms with van der Waals surface area (Å²) in [5, 5.41) is 3.87. The van der Waals surface area contributed by atoms with E-state index in [-0.39, 0.29) is 28.4 Å². The third kappa shape index (κ3) is 5.45. The average Bonchev–Trinajstić information content (AvgIpc) is 3.16. The first-order chi connectivity index (χ1) is 14.0. The van der Waals surface area contributed by atoms with E-state index in [1.807, 2.05) is 20.8 Å². The van der Waals surface area contributed by atoms with Crippen LogP contribution >= 0.6 is 15.9 Å². The number of halogens is 1. The Balaban J connectivity index is 1.61. The molecule has 2 aromatic carbocycles. The summed E-state index contributed by atoms with van der Waals surface area (Å²) in [7, 11) is -3.73. The predicted octanol–water partition coefficient (Wildman–Crippen LogP) is 4.29. The highest BCUT2D eigenvalue weighted by Crippen LogP contribution is 2.20. The fourth-order valence-corrected chi connectivity index (χ4v) is 3.65. The van der Waals surface area contributed by atoms with Crippen molar-refractivity contribution in [2.24, 2.45) is 0 Å². The number of rotatable bonds is 6. The maximum absolute atomic E-state index is 12.4. The second-order valence-electron chi connectivity index (χ2n) is 7.47. The van der Waals surface area contributed by atoms with Gasteiger partial charge in [0.05, 0.1) is 10.5 Å². The molecule has 158 valence electrons. The van der Waals surface area contributed by atoms with Gasteiger partial charge in [0.25, 0.3) is 15.9 Å². The first kappa shape index (κ1) is 22.0. The van der Waals surface area contributed by atoms with E-state index in [2.05, 4.69) is 30.8 Å². The molecule has 1 heterocycles. The van der Waals surface area contributed by atoms with Crippen LogP contribution in [0.25, 0.3) is 0 Å². The van der Waals surface area contributed by atoms with Crippen molar-refractivity contribution in [3.8, 4) is 0 Å². The molecule has 30 heavy (non-hydrogen) atoms. The quantitative estimate of drug-likeness (QED) is 0.509. The highest BCUT2D eigenvalue weighted by molar-refractivity contribution is 9.10. The highest BCUT2D eigenvalue weighted by Gasteiger charge is 2.21. The van der Waals surface area contributed by atoms with Crippen LogP contribution in [0.15, 0.2) is 62.4 Å². The van der Waals surface area contributed by atoms with Crippen molar-refractivity contribution >= 4 is 37.6 Å². The normalized spacial score (nSPS) is 11.9. The van der Waals surface area contributed by atoms with Crippen molar-refractivity contribution in [2.45, 2.75) is 37.7 Å². The van der Waals surface area contributed by atoms with Crippen LogP contribution in [-0.2, 0) is 26.8 Å². The van der Waals surface area contributed by atoms with Crippen LogP contribution in [0.5, 0.6) is 0 Å². The third-order valence-electron chi connectivity index (χ3n) is 3.96. The molecule has 1 aromatic heterocycles. The summed E-state index contributed by atoms with van der Waals surface area (Å²) in [6.45, 7) is 5.68. The number of esters is 1. The Bertz CT molecular complexity index is 1130. The van der Waals surface area contributed by atoms with Gasteiger partial charge in [-0.2, -0.15) is 4.98 Å². The van der Waals surface area contributed by atoms with Crippen molar-refractivity contribution in [2.75, 3.05) is 4.72 Å². The number of ether oxygens (including phenoxy) is 1. The molecule has 8 nitrogen and oxygen atoms in total. The zero-order chi connectivity index (χ0) is 21.9. The first-order valence-corrected chi connectivity index (χ1v) is 11.2. The van der Waals surface area contributed by atoms with Gasteiger partial charge in [0.1, 0.15) is 0 Å². The highest BCUT2D eigenvalue weighted by atomic mass is 79.9. The number of nitrogens with one attached hydrogen (secondary N) is 1. The summed E-state index contributed by atoms with van der Waals surface area (Å²) < 4.78 is 38.4. The number of nitrogens with zero attached hydrogens (tertiary/aromatic N) is 2. The molecule has 0 radical (unpaired) electrons. The summed E-state index contributed by atoms with van der Waals surface area (Å²) in [4.78, 5) is 16.5. The molecular formula is C20H20BrN3O5S. The molecule has 0 spiro atoms. The van der Waals surface area contributed by atoms with Gasteiger partial charge in [0, 0.05) is 15.6 Å². The van der Waals surface area contributed by atoms with E-state index in [1.165, 1.54) is 36.4 Å². The zero-order valence-corrected chi connectivity index (χ0v) is 19.0. The molecule has 0 fully saturated rings. The van der Waals surface area contributed by atoms with Crippen LogP contribution in [0, 0.1) is 0 Å². The van der Waals surface area contributed by atoms with Gasteiger partial charge in [0.2, 0.25) is 0 Å². The third-order valence-corrected chi connectivity index (χ3v) is 5.89. The summed E-state index contributed by atoms with van der Waals surface area (Å²) in [5.41, 5.74) is 0.309. The van der Waals surface area contributed by atoms with E-state index in [0.717, 1.165) is 4.47 Å². The van der Waals surface area contributed by atoms with Crippen LogP contribution in [0.2, 0.25) is 0 Å². The lowest BCUT2D eigenvalue weighted by Crippen LogP contribution is -2.13. The molecule has 0 saturated carbocycles. The van der Waals surface area contributed by atoms with Crippen LogP contribution in [-0.4, -0.2) is 24.5 Å². The molecule has 0 aliphatic heterocycles. The van der Waals surface area contributed by atoms with E-state index in [4.69, 9.17) is 9.26 Å². The zero-order valence-electron chi connectivity index (χ0n) is 16.5. The van der Waals surface area contributed by atoms with Gasteiger partial charge >= 0.3 is 5.97 Å². The lowest BCUT2D eigenvalue weighted by atomic mass is 9.96. The van der Waals surface area contributed by atoms with Crippen LogP contribution in [0.4, 0.5) is 5.69 Å². The van der Waals surface area contributed by atoms with E-state index in [9.17, 15) is 13.2 Å². The molecule has 0 atom stereocenters. The Hall–Kier alpha value is -2.72. The minimum absolute atomic E-state index is 0.128. The van der Waals surface area contributed by atoms with E-state index in [0.29, 0.717) is 11.5 Å². The van der Waals surface area contributed by atoms with Gasteiger partial charge in [-0.05, 0) is 48.5 Å². The first-order valence-electron chi connectivity index (χ1n) is 8.93. The standard InChI is InChI=1S/C20H20BrN3O5S/c1-20(2,3)19-22-17(29-23-19)12-28-18(25)13-4-8-15(9-5-13)24-30(26,27)16-10-6-14(21)7-11-16/h4-11,24H,12H2,1-3H3. The van der Waals surface area contributed by atoms with Gasteiger partial charge in [-0.25, -0.2) is 13.2 Å². The second kappa shape index (κ2) is 8.57. The number of aromatic nitrogens is 2. The molecule has 0 saturated heterocycles. The van der Waals surface area contributed by atoms with Gasteiger partial charge in [0.15, 0.2) is 12.4 Å². The summed E-state index contributed by atoms with van der Waals surface area (Å²) >= 11 is 3.27. The SMILES string of the molecule is CC(C)(C)c1noc(COC(=O)c2ccc(NS(=O)(=O)c3ccc(Br)cc3)cc2)n1. The maximum Gasteiger partial charge on any atom is 0.338 e. The molecule has 3 rings (SSSR count). The number of anilines is 1. The number of carbonyl (C=O) groups excluding carboxylic acids is 1. The molecule has 0 aliphatic carbocycles. The fraction of sp³-hybridized carbons (Fsp3) is 0.250. The topological polar surface area (TPSA) is 111 Å². The van der Waals surface area contributed by atoms with Gasteiger partial charge in [-0.15, -0.1) is 0 Å². The van der Waals surface area contributed by atoms with E-state index in [1.54, 1.807) is 12.1 Å². The number of hydrogen-bond acceptors (Lipinski definition) is 7. The number of carbonyl (C=O) groups is 1. The second-order valence-corrected chi connectivity index (χ2v) is 10.1. The van der Waals surface area contributed by atoms with E-state index < -0.39 is 16.0 Å². The predicted molar refractivity (Wildman–Crippen MR) is 114 cm³/mol. The maximum atomic E-state index is 12.4. The van der Waals surface area contributed by atoms with Gasteiger partial charge < -0.3 is 9.26 Å². The largest absolute Gasteiger partial charge is 0.452 e. The smallest absolute Gasteiger partial charge is 0.338 e. The Morgan fingerprint density at radius 1 is 1.10 bits per heavy atom. The Morgan fingerprint density at radius 3 is 2.30 bits per heavy atom. The molecule has 0 bridgehead atoms. The minimum atomic E-state index is -3.73. The Labute approximate surface area is 182 Å². The molecule has 0 unspecified atom stereocenters. The van der Waals surface area contributed by atoms with Crippen molar-refractivity contribution in [1.82, 2.24) is 10.1 Å². The van der Waals surface area contributed by atoms with E-state index >= 15 is 0 Å². The lowest BCUT2D eigenvalue weighted by molar-refractivity contribution is 0.0430. The van der Waals surface area contributed by atoms with Gasteiger partial charge in [-0.3, -0.25) is 4.72 Å². The fourth-order valence-electron chi connectivity index (χ4n) is 2.33. The van der Waals surface area contributed by atoms with Crippen LogP contribution < -0.4 is 4.72 Å². The molecule has 0 aliphatic rings. The number of benzene rings is 2. The molecule has 1 N–H and O–H groups in total. The van der Waals surface area contributed by atoms with Crippen molar-refractivity contribution in [3.05, 3.63) is 70.3 Å². The number of sulfonamides is 1. The van der Waals surface area contributed by atoms with Crippen molar-refractivity contribution < 1.29 is 22.5 Å². The Morgan fingerprint density at radius 2 is 1.73 bits per heavy atom. The monoisotopic (exact) mass is 493 g/mol. The Kier molecular flexibility index (Phi) is 6.27. The molecule has 3 aromatic rings. The molecular weight excluding hydrogens is 474 g/mol. The number of hydrogen-bond donors (Lipinski definition) is 1. The summed E-state index contributed by atoms with van der Waals surface area (Å²) in [6.07, 6.45) is 0. The molecule has 10 heteroatoms. The average molecular weight is 494 g/mol. The lowest BCUT2D eigenvalue weighted by Gasteiger charge is -2.10. The van der Waals surface area contributed by atoms with Gasteiger partial charge in [-0.1, -0.05) is 41.9 Å². The summed E-state index contributed by atoms with van der Waals surface area (Å²) in [6, 6.07) is 12.2. The van der Waals surface area contributed by atoms with Crippen LogP contribution in [0.3, 0.4) is 0 Å². The van der Waals surface area contributed by atoms with Crippen molar-refractivity contribution in [1.29, 1.82) is 0 Å². The minimum Gasteiger partial charge on any atom is -0.452 e. The molecule has 0 amide bonds. The summed E-state index contributed by atoms with van der Waals surface area (Å²) in [5.74, 6) is 0.135. The van der Waals surface area contributed by atoms with Crippen LogP contribution in [0.1, 0.15) is 42.8 Å².